The second-order valence-corrected chi connectivity index (χ2v) is 4.55. The van der Waals surface area contributed by atoms with Gasteiger partial charge in [0.05, 0.1) is 12.1 Å². The molecule has 0 aliphatic carbocycles. The predicted octanol–water partition coefficient (Wildman–Crippen LogP) is 2.60. The molecule has 0 aliphatic rings. The van der Waals surface area contributed by atoms with E-state index in [1.54, 1.807) is 31.3 Å². The minimum absolute atomic E-state index is 0.327. The van der Waals surface area contributed by atoms with Gasteiger partial charge in [-0.05, 0) is 12.1 Å². The van der Waals surface area contributed by atoms with Crippen LogP contribution in [0.2, 0.25) is 0 Å². The van der Waals surface area contributed by atoms with Crippen molar-refractivity contribution in [1.29, 1.82) is 0 Å². The first-order chi connectivity index (χ1) is 8.75. The zero-order valence-corrected chi connectivity index (χ0v) is 11.4. The molecule has 0 saturated carbocycles. The van der Waals surface area contributed by atoms with Crippen LogP contribution in [0.15, 0.2) is 24.3 Å². The Hall–Kier alpha value is -1.50. The zero-order valence-electron chi connectivity index (χ0n) is 10.6. The fourth-order valence-electron chi connectivity index (χ4n) is 1.58. The van der Waals surface area contributed by atoms with Crippen LogP contribution in [-0.2, 0) is 0 Å². The fourth-order valence-corrected chi connectivity index (χ4v) is 1.79. The summed E-state index contributed by atoms with van der Waals surface area (Å²) in [4.78, 5) is 0.891. The van der Waals surface area contributed by atoms with Crippen molar-refractivity contribution in [3.63, 3.8) is 0 Å². The number of ether oxygens (including phenoxy) is 1. The summed E-state index contributed by atoms with van der Waals surface area (Å²) >= 11 is 4.49. The smallest absolute Gasteiger partial charge is 0.399 e. The van der Waals surface area contributed by atoms with E-state index >= 15 is 0 Å². The van der Waals surface area contributed by atoms with Crippen molar-refractivity contribution in [3.05, 3.63) is 24.3 Å². The first kappa shape index (κ1) is 15.6. The molecule has 1 rings (SSSR count). The molecule has 0 spiro atoms. The molecule has 1 aromatic rings. The van der Waals surface area contributed by atoms with Crippen LogP contribution in [0.4, 0.5) is 18.9 Å². The van der Waals surface area contributed by atoms with Crippen molar-refractivity contribution < 1.29 is 17.9 Å². The lowest BCUT2D eigenvalue weighted by atomic mass is 10.1. The van der Waals surface area contributed by atoms with Gasteiger partial charge in [0.25, 0.3) is 0 Å². The number of alkyl halides is 3. The van der Waals surface area contributed by atoms with E-state index < -0.39 is 17.1 Å². The number of hydrogen-bond donors (Lipinski definition) is 1. The molecular formula is C12H15F3N2OS. The lowest BCUT2D eigenvalue weighted by molar-refractivity contribution is -0.152. The Morgan fingerprint density at radius 1 is 1.47 bits per heavy atom. The monoisotopic (exact) mass is 292 g/mol. The Bertz CT molecular complexity index is 451. The van der Waals surface area contributed by atoms with Crippen LogP contribution in [0.1, 0.15) is 0 Å². The van der Waals surface area contributed by atoms with Gasteiger partial charge in [-0.1, -0.05) is 18.3 Å². The van der Waals surface area contributed by atoms with Crippen LogP contribution < -0.4 is 15.4 Å². The number of rotatable bonds is 5. The minimum atomic E-state index is -4.45. The summed E-state index contributed by atoms with van der Waals surface area (Å²) in [5, 5.41) is 0. The molecule has 0 aromatic heterocycles. The van der Waals surface area contributed by atoms with E-state index in [-0.39, 0.29) is 6.54 Å². The predicted molar refractivity (Wildman–Crippen MR) is 72.6 cm³/mol. The molecule has 7 heteroatoms. The third-order valence-corrected chi connectivity index (χ3v) is 2.97. The largest absolute Gasteiger partial charge is 0.497 e. The van der Waals surface area contributed by atoms with E-state index in [1.165, 1.54) is 12.0 Å². The van der Waals surface area contributed by atoms with Gasteiger partial charge in [-0.2, -0.15) is 13.2 Å². The summed E-state index contributed by atoms with van der Waals surface area (Å²) in [5.41, 5.74) is 5.77. The number of hydrogen-bond acceptors (Lipinski definition) is 3. The molecule has 1 aromatic carbocycles. The van der Waals surface area contributed by atoms with Crippen LogP contribution in [0.25, 0.3) is 0 Å². The standard InChI is InChI=1S/C12H15F3N2OS/c1-17(7-10(11(16)19)12(13,14)15)8-4-3-5-9(6-8)18-2/h3-6,10H,7H2,1-2H3,(H2,16,19). The van der Waals surface area contributed by atoms with Crippen LogP contribution in [0, 0.1) is 5.92 Å². The van der Waals surface area contributed by atoms with E-state index in [0.717, 1.165) is 0 Å². The Kier molecular flexibility index (Phi) is 4.99. The maximum Gasteiger partial charge on any atom is 0.399 e. The summed E-state index contributed by atoms with van der Waals surface area (Å²) in [6.45, 7) is -0.327. The van der Waals surface area contributed by atoms with Gasteiger partial charge < -0.3 is 15.4 Å². The van der Waals surface area contributed by atoms with E-state index in [0.29, 0.717) is 11.4 Å². The van der Waals surface area contributed by atoms with Gasteiger partial charge in [-0.25, -0.2) is 0 Å². The van der Waals surface area contributed by atoms with E-state index in [2.05, 4.69) is 12.2 Å². The highest BCUT2D eigenvalue weighted by molar-refractivity contribution is 7.80. The average molecular weight is 292 g/mol. The number of nitrogens with two attached hydrogens (primary N) is 1. The molecule has 106 valence electrons. The number of halogens is 3. The van der Waals surface area contributed by atoms with Crippen molar-refractivity contribution in [3.8, 4) is 5.75 Å². The van der Waals surface area contributed by atoms with Crippen molar-refractivity contribution in [2.75, 3.05) is 25.6 Å². The Morgan fingerprint density at radius 3 is 2.58 bits per heavy atom. The third kappa shape index (κ3) is 4.27. The zero-order chi connectivity index (χ0) is 14.6. The molecule has 3 nitrogen and oxygen atoms in total. The van der Waals surface area contributed by atoms with E-state index in [9.17, 15) is 13.2 Å². The lowest BCUT2D eigenvalue weighted by Gasteiger charge is -2.26. The van der Waals surface area contributed by atoms with Crippen molar-refractivity contribution >= 4 is 22.9 Å². The van der Waals surface area contributed by atoms with Gasteiger partial charge in [0.1, 0.15) is 11.7 Å². The molecule has 1 atom stereocenters. The van der Waals surface area contributed by atoms with Crippen LogP contribution in [0.3, 0.4) is 0 Å². The summed E-state index contributed by atoms with van der Waals surface area (Å²) in [5.74, 6) is -1.26. The molecule has 0 radical (unpaired) electrons. The normalized spacial score (nSPS) is 12.9. The number of benzene rings is 1. The van der Waals surface area contributed by atoms with Gasteiger partial charge in [-0.15, -0.1) is 0 Å². The third-order valence-electron chi connectivity index (χ3n) is 2.69. The molecule has 0 saturated heterocycles. The Labute approximate surface area is 115 Å². The maximum atomic E-state index is 12.8. The fraction of sp³-hybridized carbons (Fsp3) is 0.417. The van der Waals surface area contributed by atoms with Crippen LogP contribution in [-0.4, -0.2) is 31.9 Å². The van der Waals surface area contributed by atoms with Crippen molar-refractivity contribution in [2.24, 2.45) is 11.7 Å². The van der Waals surface area contributed by atoms with E-state index in [4.69, 9.17) is 10.5 Å². The molecule has 2 N–H and O–H groups in total. The average Bonchev–Trinajstić information content (AvgIpc) is 2.33. The number of thiocarbonyl (C=S) groups is 1. The van der Waals surface area contributed by atoms with Gasteiger partial charge in [0.15, 0.2) is 0 Å². The van der Waals surface area contributed by atoms with Gasteiger partial charge in [0, 0.05) is 25.3 Å². The molecule has 0 bridgehead atoms. The Balaban J connectivity index is 2.87. The highest BCUT2D eigenvalue weighted by Crippen LogP contribution is 2.29. The van der Waals surface area contributed by atoms with Gasteiger partial charge in [0.2, 0.25) is 0 Å². The molecular weight excluding hydrogens is 277 g/mol. The summed E-state index contributed by atoms with van der Waals surface area (Å²) in [6.07, 6.45) is -4.45. The molecule has 0 aliphatic heterocycles. The second-order valence-electron chi connectivity index (χ2n) is 4.08. The minimum Gasteiger partial charge on any atom is -0.497 e. The summed E-state index contributed by atoms with van der Waals surface area (Å²) < 4.78 is 43.3. The highest BCUT2D eigenvalue weighted by Gasteiger charge is 2.42. The molecule has 0 amide bonds. The second kappa shape index (κ2) is 6.10. The van der Waals surface area contributed by atoms with Gasteiger partial charge in [-0.3, -0.25) is 0 Å². The lowest BCUT2D eigenvalue weighted by Crippen LogP contribution is -2.42. The van der Waals surface area contributed by atoms with Crippen LogP contribution in [0.5, 0.6) is 5.75 Å². The number of nitrogens with zero attached hydrogens (tertiary/aromatic N) is 1. The molecule has 19 heavy (non-hydrogen) atoms. The molecule has 0 heterocycles. The van der Waals surface area contributed by atoms with Gasteiger partial charge >= 0.3 is 6.18 Å². The van der Waals surface area contributed by atoms with Crippen molar-refractivity contribution in [2.45, 2.75) is 6.18 Å². The Morgan fingerprint density at radius 2 is 2.11 bits per heavy atom. The van der Waals surface area contributed by atoms with E-state index in [1.807, 2.05) is 0 Å². The highest BCUT2D eigenvalue weighted by atomic mass is 32.1. The first-order valence-electron chi connectivity index (χ1n) is 5.47. The van der Waals surface area contributed by atoms with Crippen LogP contribution >= 0.6 is 12.2 Å². The number of methoxy groups -OCH3 is 1. The summed E-state index contributed by atoms with van der Waals surface area (Å²) in [6, 6.07) is 6.75. The quantitative estimate of drug-likeness (QED) is 0.847. The maximum absolute atomic E-state index is 12.8. The first-order valence-corrected chi connectivity index (χ1v) is 5.87. The molecule has 0 fully saturated rings. The molecule has 1 unspecified atom stereocenters. The van der Waals surface area contributed by atoms with Crippen molar-refractivity contribution in [1.82, 2.24) is 0 Å². The number of anilines is 1. The summed E-state index contributed by atoms with van der Waals surface area (Å²) in [7, 11) is 3.04. The SMILES string of the molecule is COc1cccc(N(C)CC(C(N)=S)C(F)(F)F)c1. The topological polar surface area (TPSA) is 38.5 Å².